The molecule has 0 unspecified atom stereocenters. The minimum atomic E-state index is -3.62. The van der Waals surface area contributed by atoms with E-state index in [1.165, 1.54) is 33.9 Å². The fraction of sp³-hybridized carbons (Fsp3) is 0.200. The molecule has 2 aromatic carbocycles. The van der Waals surface area contributed by atoms with Gasteiger partial charge in [-0.2, -0.15) is 4.31 Å². The van der Waals surface area contributed by atoms with E-state index in [1.54, 1.807) is 23.1 Å². The van der Waals surface area contributed by atoms with Gasteiger partial charge in [0, 0.05) is 37.3 Å². The zero-order valence-corrected chi connectivity index (χ0v) is 17.8. The second kappa shape index (κ2) is 8.23. The maximum absolute atomic E-state index is 12.8. The molecule has 2 heterocycles. The monoisotopic (exact) mass is 447 g/mol. The highest BCUT2D eigenvalue weighted by atomic mass is 35.5. The number of amides is 1. The summed E-state index contributed by atoms with van der Waals surface area (Å²) in [7, 11) is -3.62. The van der Waals surface area contributed by atoms with Crippen molar-refractivity contribution < 1.29 is 13.2 Å². The van der Waals surface area contributed by atoms with E-state index in [1.807, 2.05) is 24.3 Å². The van der Waals surface area contributed by atoms with Gasteiger partial charge in [0.1, 0.15) is 5.01 Å². The van der Waals surface area contributed by atoms with Crippen molar-refractivity contribution >= 4 is 55.2 Å². The second-order valence-electron chi connectivity index (χ2n) is 6.54. The first-order valence-corrected chi connectivity index (χ1v) is 11.7. The van der Waals surface area contributed by atoms with Crippen LogP contribution in [0.25, 0.3) is 16.3 Å². The number of halogens is 1. The zero-order chi connectivity index (χ0) is 20.4. The van der Waals surface area contributed by atoms with Crippen molar-refractivity contribution in [1.29, 1.82) is 0 Å². The molecule has 1 saturated heterocycles. The Morgan fingerprint density at radius 2 is 1.83 bits per heavy atom. The van der Waals surface area contributed by atoms with Crippen LogP contribution in [0, 0.1) is 0 Å². The predicted octanol–water partition coefficient (Wildman–Crippen LogP) is 3.50. The quantitative estimate of drug-likeness (QED) is 0.574. The van der Waals surface area contributed by atoms with Gasteiger partial charge in [-0.15, -0.1) is 11.3 Å². The molecule has 0 N–H and O–H groups in total. The second-order valence-corrected chi connectivity index (χ2v) is 9.98. The normalized spacial score (nSPS) is 16.0. The number of nitrogens with zero attached hydrogens (tertiary/aromatic N) is 3. The van der Waals surface area contributed by atoms with Gasteiger partial charge in [0.25, 0.3) is 0 Å². The summed E-state index contributed by atoms with van der Waals surface area (Å²) in [6.45, 7) is 1.16. The lowest BCUT2D eigenvalue weighted by Crippen LogP contribution is -2.50. The summed E-state index contributed by atoms with van der Waals surface area (Å²) in [6.07, 6.45) is 3.21. The van der Waals surface area contributed by atoms with Crippen LogP contribution in [-0.4, -0.2) is 54.7 Å². The van der Waals surface area contributed by atoms with Gasteiger partial charge < -0.3 is 4.90 Å². The third-order valence-corrected chi connectivity index (χ3v) is 7.79. The number of carbonyl (C=O) groups excluding carboxylic acids is 1. The molecule has 0 saturated carbocycles. The predicted molar refractivity (Wildman–Crippen MR) is 115 cm³/mol. The maximum Gasteiger partial charge on any atom is 0.246 e. The number of para-hydroxylation sites is 1. The third kappa shape index (κ3) is 4.35. The third-order valence-electron chi connectivity index (χ3n) is 4.66. The van der Waals surface area contributed by atoms with E-state index in [0.29, 0.717) is 18.1 Å². The standard InChI is InChI=1S/C20H18ClN3O3S2/c21-15-4-3-5-16(14-15)29(26,27)24-12-10-23(11-13-24)20(25)9-8-19-22-17-6-1-2-7-18(17)28-19/h1-9,14H,10-13H2/b9-8+. The number of rotatable bonds is 4. The molecule has 9 heteroatoms. The Kier molecular flexibility index (Phi) is 5.69. The number of sulfonamides is 1. The molecular weight excluding hydrogens is 430 g/mol. The Labute approximate surface area is 178 Å². The Morgan fingerprint density at radius 3 is 2.55 bits per heavy atom. The first-order chi connectivity index (χ1) is 13.9. The minimum absolute atomic E-state index is 0.149. The van der Waals surface area contributed by atoms with Crippen LogP contribution >= 0.6 is 22.9 Å². The zero-order valence-electron chi connectivity index (χ0n) is 15.4. The highest BCUT2D eigenvalue weighted by molar-refractivity contribution is 7.89. The molecule has 0 spiro atoms. The number of thiazole rings is 1. The highest BCUT2D eigenvalue weighted by Crippen LogP contribution is 2.23. The molecule has 150 valence electrons. The number of hydrogen-bond acceptors (Lipinski definition) is 5. The van der Waals surface area contributed by atoms with Gasteiger partial charge >= 0.3 is 0 Å². The molecule has 1 amide bonds. The van der Waals surface area contributed by atoms with E-state index in [-0.39, 0.29) is 23.9 Å². The van der Waals surface area contributed by atoms with E-state index in [0.717, 1.165) is 15.2 Å². The van der Waals surface area contributed by atoms with Crippen molar-refractivity contribution in [3.05, 3.63) is 64.6 Å². The van der Waals surface area contributed by atoms with Gasteiger partial charge in [0.05, 0.1) is 15.1 Å². The van der Waals surface area contributed by atoms with E-state index in [2.05, 4.69) is 4.98 Å². The minimum Gasteiger partial charge on any atom is -0.337 e. The van der Waals surface area contributed by atoms with Gasteiger partial charge in [-0.25, -0.2) is 13.4 Å². The molecule has 1 aliphatic heterocycles. The number of benzene rings is 2. The van der Waals surface area contributed by atoms with Gasteiger partial charge in [-0.3, -0.25) is 4.79 Å². The highest BCUT2D eigenvalue weighted by Gasteiger charge is 2.29. The fourth-order valence-electron chi connectivity index (χ4n) is 3.13. The van der Waals surface area contributed by atoms with Gasteiger partial charge in [0.2, 0.25) is 15.9 Å². The summed E-state index contributed by atoms with van der Waals surface area (Å²) < 4.78 is 28.0. The number of aromatic nitrogens is 1. The van der Waals surface area contributed by atoms with E-state index < -0.39 is 10.0 Å². The van der Waals surface area contributed by atoms with Crippen molar-refractivity contribution in [3.63, 3.8) is 0 Å². The van der Waals surface area contributed by atoms with Gasteiger partial charge in [-0.05, 0) is 36.4 Å². The molecule has 1 aliphatic rings. The molecule has 0 radical (unpaired) electrons. The van der Waals surface area contributed by atoms with Gasteiger partial charge in [0.15, 0.2) is 0 Å². The van der Waals surface area contributed by atoms with Crippen molar-refractivity contribution in [2.24, 2.45) is 0 Å². The summed E-state index contributed by atoms with van der Waals surface area (Å²) in [5.41, 5.74) is 0.907. The van der Waals surface area contributed by atoms with Gasteiger partial charge in [-0.1, -0.05) is 29.8 Å². The van der Waals surface area contributed by atoms with Crippen molar-refractivity contribution in [2.45, 2.75) is 4.90 Å². The molecule has 0 aliphatic carbocycles. The summed E-state index contributed by atoms with van der Waals surface area (Å²) in [5.74, 6) is -0.149. The molecule has 1 aromatic heterocycles. The molecule has 6 nitrogen and oxygen atoms in total. The topological polar surface area (TPSA) is 70.6 Å². The lowest BCUT2D eigenvalue weighted by atomic mass is 10.3. The summed E-state index contributed by atoms with van der Waals surface area (Å²) >= 11 is 7.44. The molecule has 29 heavy (non-hydrogen) atoms. The molecule has 0 atom stereocenters. The summed E-state index contributed by atoms with van der Waals surface area (Å²) in [4.78, 5) is 18.8. The first kappa shape index (κ1) is 20.0. The van der Waals surface area contributed by atoms with Crippen LogP contribution < -0.4 is 0 Å². The molecule has 4 rings (SSSR count). The van der Waals surface area contributed by atoms with Crippen LogP contribution in [0.5, 0.6) is 0 Å². The van der Waals surface area contributed by atoms with Crippen LogP contribution in [0.2, 0.25) is 5.02 Å². The first-order valence-electron chi connectivity index (χ1n) is 9.02. The average molecular weight is 448 g/mol. The average Bonchev–Trinajstić information content (AvgIpc) is 3.15. The Balaban J connectivity index is 1.39. The lowest BCUT2D eigenvalue weighted by Gasteiger charge is -2.33. The number of carbonyl (C=O) groups is 1. The molecule has 3 aromatic rings. The number of piperazine rings is 1. The largest absolute Gasteiger partial charge is 0.337 e. The summed E-state index contributed by atoms with van der Waals surface area (Å²) in [5, 5.41) is 1.14. The van der Waals surface area contributed by atoms with Crippen molar-refractivity contribution in [3.8, 4) is 0 Å². The van der Waals surface area contributed by atoms with Crippen molar-refractivity contribution in [2.75, 3.05) is 26.2 Å². The van der Waals surface area contributed by atoms with Crippen LogP contribution in [0.1, 0.15) is 5.01 Å². The number of fused-ring (bicyclic) bond motifs is 1. The number of hydrogen-bond donors (Lipinski definition) is 0. The van der Waals surface area contributed by atoms with E-state index >= 15 is 0 Å². The molecular formula is C20H18ClN3O3S2. The maximum atomic E-state index is 12.8. The van der Waals surface area contributed by atoms with Crippen LogP contribution in [0.15, 0.2) is 59.5 Å². The van der Waals surface area contributed by atoms with E-state index in [9.17, 15) is 13.2 Å². The lowest BCUT2D eigenvalue weighted by molar-refractivity contribution is -0.127. The fourth-order valence-corrected chi connectivity index (χ4v) is 5.73. The molecule has 1 fully saturated rings. The van der Waals surface area contributed by atoms with Crippen molar-refractivity contribution in [1.82, 2.24) is 14.2 Å². The Morgan fingerprint density at radius 1 is 1.07 bits per heavy atom. The Bertz CT molecular complexity index is 1150. The molecule has 0 bridgehead atoms. The SMILES string of the molecule is O=C(/C=C/c1nc2ccccc2s1)N1CCN(S(=O)(=O)c2cccc(Cl)c2)CC1. The van der Waals surface area contributed by atoms with Crippen LogP contribution in [0.3, 0.4) is 0 Å². The Hall–Kier alpha value is -2.26. The smallest absolute Gasteiger partial charge is 0.246 e. The van der Waals surface area contributed by atoms with Crippen LogP contribution in [0.4, 0.5) is 0 Å². The van der Waals surface area contributed by atoms with E-state index in [4.69, 9.17) is 11.6 Å². The van der Waals surface area contributed by atoms with Crippen LogP contribution in [-0.2, 0) is 14.8 Å². The summed E-state index contributed by atoms with van der Waals surface area (Å²) in [6, 6.07) is 14.0.